The fraction of sp³-hybridized carbons (Fsp3) is 0.900. The molecule has 2 amide bonds. The lowest BCUT2D eigenvalue weighted by molar-refractivity contribution is 0.186. The summed E-state index contributed by atoms with van der Waals surface area (Å²) in [4.78, 5) is 13.2. The Hall–Kier alpha value is -0.730. The van der Waals surface area contributed by atoms with Crippen molar-refractivity contribution in [1.29, 1.82) is 0 Å². The van der Waals surface area contributed by atoms with E-state index in [1.165, 1.54) is 38.5 Å². The molecule has 0 radical (unpaired) electrons. The Bertz CT molecular complexity index is 162. The van der Waals surface area contributed by atoms with Crippen molar-refractivity contribution in [3.05, 3.63) is 0 Å². The van der Waals surface area contributed by atoms with E-state index in [0.717, 1.165) is 0 Å². The van der Waals surface area contributed by atoms with Crippen molar-refractivity contribution in [3.8, 4) is 0 Å². The minimum absolute atomic E-state index is 0.0481. The van der Waals surface area contributed by atoms with E-state index in [9.17, 15) is 4.79 Å². The van der Waals surface area contributed by atoms with Crippen molar-refractivity contribution in [2.75, 3.05) is 14.1 Å². The van der Waals surface area contributed by atoms with Crippen LogP contribution in [0.2, 0.25) is 0 Å². The molecule has 0 heterocycles. The van der Waals surface area contributed by atoms with Gasteiger partial charge in [0, 0.05) is 20.1 Å². The quantitative estimate of drug-likeness (QED) is 0.621. The van der Waals surface area contributed by atoms with Crippen LogP contribution in [-0.4, -0.2) is 31.1 Å². The summed E-state index contributed by atoms with van der Waals surface area (Å²) in [5, 5.41) is 2.67. The first-order valence-corrected chi connectivity index (χ1v) is 5.20. The summed E-state index contributed by atoms with van der Waals surface area (Å²) in [6, 6.07) is 0.509. The van der Waals surface area contributed by atoms with E-state index in [4.69, 9.17) is 0 Å². The molecule has 1 N–H and O–H groups in total. The van der Waals surface area contributed by atoms with Crippen molar-refractivity contribution in [1.82, 2.24) is 10.2 Å². The third-order valence-electron chi connectivity index (χ3n) is 2.91. The Morgan fingerprint density at radius 3 is 2.23 bits per heavy atom. The van der Waals surface area contributed by atoms with Crippen LogP contribution < -0.4 is 5.32 Å². The smallest absolute Gasteiger partial charge is 0.317 e. The molecule has 0 saturated heterocycles. The minimum atomic E-state index is 0.0481. The van der Waals surface area contributed by atoms with E-state index in [1.807, 2.05) is 11.9 Å². The standard InChI is InChI=1S/C10H20N2O/c1-11-10(13)12(2)9-7-5-3-4-6-8-9/h9H,3-8H2,1-2H3,(H,11,13). The number of nitrogens with zero attached hydrogens (tertiary/aromatic N) is 1. The van der Waals surface area contributed by atoms with Crippen LogP contribution in [0.1, 0.15) is 38.5 Å². The monoisotopic (exact) mass is 184 g/mol. The van der Waals surface area contributed by atoms with Gasteiger partial charge >= 0.3 is 6.03 Å². The van der Waals surface area contributed by atoms with Gasteiger partial charge in [-0.3, -0.25) is 0 Å². The summed E-state index contributed by atoms with van der Waals surface area (Å²) in [5.74, 6) is 0. The molecule has 1 fully saturated rings. The Morgan fingerprint density at radius 2 is 1.77 bits per heavy atom. The lowest BCUT2D eigenvalue weighted by Crippen LogP contribution is -2.41. The molecular formula is C10H20N2O. The maximum absolute atomic E-state index is 11.3. The minimum Gasteiger partial charge on any atom is -0.341 e. The maximum Gasteiger partial charge on any atom is 0.317 e. The van der Waals surface area contributed by atoms with Crippen molar-refractivity contribution in [2.24, 2.45) is 0 Å². The van der Waals surface area contributed by atoms with E-state index < -0.39 is 0 Å². The van der Waals surface area contributed by atoms with E-state index in [-0.39, 0.29) is 6.03 Å². The SMILES string of the molecule is CNC(=O)N(C)C1CCCCCC1. The van der Waals surface area contributed by atoms with Gasteiger partial charge in [0.15, 0.2) is 0 Å². The topological polar surface area (TPSA) is 32.3 Å². The summed E-state index contributed by atoms with van der Waals surface area (Å²) >= 11 is 0. The van der Waals surface area contributed by atoms with E-state index in [2.05, 4.69) is 5.32 Å². The molecule has 13 heavy (non-hydrogen) atoms. The Balaban J connectivity index is 2.43. The van der Waals surface area contributed by atoms with E-state index in [1.54, 1.807) is 7.05 Å². The second-order valence-corrected chi connectivity index (χ2v) is 3.81. The molecule has 76 valence electrons. The Kier molecular flexibility index (Phi) is 4.06. The van der Waals surface area contributed by atoms with Crippen LogP contribution >= 0.6 is 0 Å². The van der Waals surface area contributed by atoms with Gasteiger partial charge in [-0.15, -0.1) is 0 Å². The second-order valence-electron chi connectivity index (χ2n) is 3.81. The number of rotatable bonds is 1. The summed E-state index contributed by atoms with van der Waals surface area (Å²) in [7, 11) is 3.59. The van der Waals surface area contributed by atoms with Gasteiger partial charge in [0.05, 0.1) is 0 Å². The van der Waals surface area contributed by atoms with Crippen LogP contribution in [0.15, 0.2) is 0 Å². The van der Waals surface area contributed by atoms with Crippen LogP contribution in [0.5, 0.6) is 0 Å². The van der Waals surface area contributed by atoms with E-state index in [0.29, 0.717) is 6.04 Å². The largest absolute Gasteiger partial charge is 0.341 e. The molecule has 3 heteroatoms. The number of hydrogen-bond acceptors (Lipinski definition) is 1. The van der Waals surface area contributed by atoms with Crippen LogP contribution in [0.4, 0.5) is 4.79 Å². The first-order valence-electron chi connectivity index (χ1n) is 5.20. The van der Waals surface area contributed by atoms with Crippen molar-refractivity contribution >= 4 is 6.03 Å². The third kappa shape index (κ3) is 2.90. The fourth-order valence-electron chi connectivity index (χ4n) is 1.99. The van der Waals surface area contributed by atoms with Gasteiger partial charge in [-0.05, 0) is 12.8 Å². The average Bonchev–Trinajstić information content (AvgIpc) is 2.43. The first-order chi connectivity index (χ1) is 6.25. The maximum atomic E-state index is 11.3. The highest BCUT2D eigenvalue weighted by atomic mass is 16.2. The van der Waals surface area contributed by atoms with Gasteiger partial charge in [-0.1, -0.05) is 25.7 Å². The molecule has 0 spiro atoms. The highest BCUT2D eigenvalue weighted by Crippen LogP contribution is 2.20. The second kappa shape index (κ2) is 5.10. The first kappa shape index (κ1) is 10.4. The highest BCUT2D eigenvalue weighted by Gasteiger charge is 2.19. The van der Waals surface area contributed by atoms with Gasteiger partial charge in [-0.25, -0.2) is 4.79 Å². The molecule has 0 aliphatic heterocycles. The zero-order valence-electron chi connectivity index (χ0n) is 8.68. The lowest BCUT2D eigenvalue weighted by atomic mass is 10.1. The van der Waals surface area contributed by atoms with Crippen LogP contribution in [-0.2, 0) is 0 Å². The number of hydrogen-bond donors (Lipinski definition) is 1. The molecule has 1 rings (SSSR count). The normalized spacial score (nSPS) is 19.2. The van der Waals surface area contributed by atoms with Crippen molar-refractivity contribution in [2.45, 2.75) is 44.6 Å². The van der Waals surface area contributed by atoms with Crippen LogP contribution in [0, 0.1) is 0 Å². The van der Waals surface area contributed by atoms with Crippen LogP contribution in [0.25, 0.3) is 0 Å². The molecule has 0 unspecified atom stereocenters. The lowest BCUT2D eigenvalue weighted by Gasteiger charge is -2.26. The summed E-state index contributed by atoms with van der Waals surface area (Å²) in [6.07, 6.45) is 7.54. The highest BCUT2D eigenvalue weighted by molar-refractivity contribution is 5.73. The molecule has 0 aromatic rings. The molecule has 3 nitrogen and oxygen atoms in total. The van der Waals surface area contributed by atoms with Gasteiger partial charge in [0.25, 0.3) is 0 Å². The number of amides is 2. The average molecular weight is 184 g/mol. The number of carbonyl (C=O) groups is 1. The molecule has 0 atom stereocenters. The molecule has 1 aliphatic rings. The summed E-state index contributed by atoms with van der Waals surface area (Å²) in [5.41, 5.74) is 0. The Labute approximate surface area is 80.5 Å². The van der Waals surface area contributed by atoms with Gasteiger partial charge in [-0.2, -0.15) is 0 Å². The molecular weight excluding hydrogens is 164 g/mol. The number of carbonyl (C=O) groups excluding carboxylic acids is 1. The molecule has 0 aromatic heterocycles. The van der Waals surface area contributed by atoms with Crippen molar-refractivity contribution < 1.29 is 4.79 Å². The Morgan fingerprint density at radius 1 is 1.23 bits per heavy atom. The third-order valence-corrected chi connectivity index (χ3v) is 2.91. The van der Waals surface area contributed by atoms with Gasteiger partial charge < -0.3 is 10.2 Å². The van der Waals surface area contributed by atoms with Crippen molar-refractivity contribution in [3.63, 3.8) is 0 Å². The van der Waals surface area contributed by atoms with E-state index >= 15 is 0 Å². The summed E-state index contributed by atoms with van der Waals surface area (Å²) in [6.45, 7) is 0. The zero-order valence-corrected chi connectivity index (χ0v) is 8.68. The van der Waals surface area contributed by atoms with Gasteiger partial charge in [0.2, 0.25) is 0 Å². The van der Waals surface area contributed by atoms with Crippen LogP contribution in [0.3, 0.4) is 0 Å². The number of nitrogens with one attached hydrogen (secondary N) is 1. The molecule has 1 saturated carbocycles. The predicted molar refractivity (Wildman–Crippen MR) is 53.7 cm³/mol. The number of urea groups is 1. The molecule has 0 aromatic carbocycles. The van der Waals surface area contributed by atoms with Gasteiger partial charge in [0.1, 0.15) is 0 Å². The fourth-order valence-corrected chi connectivity index (χ4v) is 1.99. The summed E-state index contributed by atoms with van der Waals surface area (Å²) < 4.78 is 0. The zero-order chi connectivity index (χ0) is 9.68. The molecule has 0 bridgehead atoms. The predicted octanol–water partition coefficient (Wildman–Crippen LogP) is 1.98. The molecule has 1 aliphatic carbocycles.